The molecule has 0 atom stereocenters. The zero-order chi connectivity index (χ0) is 10.7. The first-order chi connectivity index (χ1) is 6.54. The molecule has 0 aromatic heterocycles. The van der Waals surface area contributed by atoms with Crippen LogP contribution < -0.4 is 11.1 Å². The number of hydrogen-bond acceptors (Lipinski definition) is 2. The SMILES string of the molecule is Nc1c(Br)cc(NC(=O)CCl)cc1Br. The molecule has 1 rings (SSSR count). The Morgan fingerprint density at radius 1 is 1.43 bits per heavy atom. The fraction of sp³-hybridized carbons (Fsp3) is 0.125. The molecule has 6 heteroatoms. The van der Waals surface area contributed by atoms with Gasteiger partial charge in [0.2, 0.25) is 5.91 Å². The highest BCUT2D eigenvalue weighted by Crippen LogP contribution is 2.31. The van der Waals surface area contributed by atoms with Crippen molar-refractivity contribution in [2.75, 3.05) is 16.9 Å². The van der Waals surface area contributed by atoms with E-state index in [9.17, 15) is 4.79 Å². The van der Waals surface area contributed by atoms with Gasteiger partial charge < -0.3 is 11.1 Å². The smallest absolute Gasteiger partial charge is 0.239 e. The summed E-state index contributed by atoms with van der Waals surface area (Å²) >= 11 is 11.9. The van der Waals surface area contributed by atoms with Crippen molar-refractivity contribution in [1.82, 2.24) is 0 Å². The molecule has 1 aromatic carbocycles. The van der Waals surface area contributed by atoms with Crippen LogP contribution in [-0.2, 0) is 4.79 Å². The number of hydrogen-bond donors (Lipinski definition) is 2. The average molecular weight is 342 g/mol. The normalized spacial score (nSPS) is 9.93. The Balaban J connectivity index is 2.95. The van der Waals surface area contributed by atoms with Crippen LogP contribution >= 0.6 is 43.5 Å². The second-order valence-corrected chi connectivity index (χ2v) is 4.51. The number of nitrogens with one attached hydrogen (secondary N) is 1. The molecule has 1 amide bonds. The Hall–Kier alpha value is -0.260. The quantitative estimate of drug-likeness (QED) is 0.641. The van der Waals surface area contributed by atoms with Crippen LogP contribution in [0.3, 0.4) is 0 Å². The van der Waals surface area contributed by atoms with Gasteiger partial charge in [-0.05, 0) is 44.0 Å². The van der Waals surface area contributed by atoms with E-state index < -0.39 is 0 Å². The molecular formula is C8H7Br2ClN2O. The molecule has 0 heterocycles. The van der Waals surface area contributed by atoms with E-state index in [1.165, 1.54) is 0 Å². The first-order valence-corrected chi connectivity index (χ1v) is 5.77. The Morgan fingerprint density at radius 3 is 2.36 bits per heavy atom. The molecule has 3 N–H and O–H groups in total. The maximum atomic E-state index is 11.0. The first kappa shape index (κ1) is 11.8. The van der Waals surface area contributed by atoms with Gasteiger partial charge in [-0.2, -0.15) is 0 Å². The van der Waals surface area contributed by atoms with Crippen LogP contribution in [0.1, 0.15) is 0 Å². The maximum Gasteiger partial charge on any atom is 0.239 e. The number of anilines is 2. The second kappa shape index (κ2) is 5.00. The number of benzene rings is 1. The van der Waals surface area contributed by atoms with E-state index >= 15 is 0 Å². The third kappa shape index (κ3) is 2.87. The van der Waals surface area contributed by atoms with Crippen LogP contribution in [0.25, 0.3) is 0 Å². The van der Waals surface area contributed by atoms with Gasteiger partial charge in [0.15, 0.2) is 0 Å². The van der Waals surface area contributed by atoms with Crippen LogP contribution in [0.5, 0.6) is 0 Å². The van der Waals surface area contributed by atoms with Crippen molar-refractivity contribution in [1.29, 1.82) is 0 Å². The van der Waals surface area contributed by atoms with Gasteiger partial charge in [-0.3, -0.25) is 4.79 Å². The number of halogens is 3. The van der Waals surface area contributed by atoms with Crippen molar-refractivity contribution in [2.24, 2.45) is 0 Å². The summed E-state index contributed by atoms with van der Waals surface area (Å²) in [6.07, 6.45) is 0. The molecular weight excluding hydrogens is 335 g/mol. The Kier molecular flexibility index (Phi) is 4.22. The number of amides is 1. The third-order valence-electron chi connectivity index (χ3n) is 1.48. The highest BCUT2D eigenvalue weighted by Gasteiger charge is 2.06. The minimum Gasteiger partial charge on any atom is -0.397 e. The molecule has 0 saturated heterocycles. The van der Waals surface area contributed by atoms with Crippen molar-refractivity contribution < 1.29 is 4.79 Å². The molecule has 14 heavy (non-hydrogen) atoms. The van der Waals surface area contributed by atoms with E-state index in [1.807, 2.05) is 0 Å². The molecule has 0 aliphatic heterocycles. The number of rotatable bonds is 2. The maximum absolute atomic E-state index is 11.0. The summed E-state index contributed by atoms with van der Waals surface area (Å²) in [5.74, 6) is -0.324. The lowest BCUT2D eigenvalue weighted by Gasteiger charge is -2.07. The standard InChI is InChI=1S/C8H7Br2ClN2O/c9-5-1-4(13-7(14)3-11)2-6(10)8(5)12/h1-2H,3,12H2,(H,13,14). The monoisotopic (exact) mass is 340 g/mol. The lowest BCUT2D eigenvalue weighted by Crippen LogP contribution is -2.12. The second-order valence-electron chi connectivity index (χ2n) is 2.54. The summed E-state index contributed by atoms with van der Waals surface area (Å²) in [6.45, 7) is 0. The molecule has 3 nitrogen and oxygen atoms in total. The van der Waals surface area contributed by atoms with Crippen LogP contribution in [0.15, 0.2) is 21.1 Å². The van der Waals surface area contributed by atoms with Gasteiger partial charge >= 0.3 is 0 Å². The van der Waals surface area contributed by atoms with E-state index in [0.717, 1.165) is 8.95 Å². The number of carbonyl (C=O) groups is 1. The molecule has 0 spiro atoms. The van der Waals surface area contributed by atoms with E-state index in [2.05, 4.69) is 37.2 Å². The minimum absolute atomic E-state index is 0.0698. The van der Waals surface area contributed by atoms with Crippen LogP contribution in [-0.4, -0.2) is 11.8 Å². The Bertz CT molecular complexity index is 347. The van der Waals surface area contributed by atoms with Crippen molar-refractivity contribution in [3.8, 4) is 0 Å². The van der Waals surface area contributed by atoms with Crippen molar-refractivity contribution in [2.45, 2.75) is 0 Å². The molecule has 1 aromatic rings. The molecule has 0 fully saturated rings. The van der Waals surface area contributed by atoms with Gasteiger partial charge in [0.25, 0.3) is 0 Å². The summed E-state index contributed by atoms with van der Waals surface area (Å²) in [5.41, 5.74) is 6.92. The summed E-state index contributed by atoms with van der Waals surface area (Å²) in [7, 11) is 0. The first-order valence-electron chi connectivity index (χ1n) is 3.65. The molecule has 0 radical (unpaired) electrons. The topological polar surface area (TPSA) is 55.1 Å². The molecule has 0 bridgehead atoms. The van der Waals surface area contributed by atoms with Crippen molar-refractivity contribution in [3.63, 3.8) is 0 Å². The molecule has 0 unspecified atom stereocenters. The predicted octanol–water partition coefficient (Wildman–Crippen LogP) is 2.97. The van der Waals surface area contributed by atoms with E-state index in [1.54, 1.807) is 12.1 Å². The van der Waals surface area contributed by atoms with Crippen LogP contribution in [0, 0.1) is 0 Å². The largest absolute Gasteiger partial charge is 0.397 e. The molecule has 0 aliphatic carbocycles. The number of alkyl halides is 1. The summed E-state index contributed by atoms with van der Waals surface area (Å²) < 4.78 is 1.44. The van der Waals surface area contributed by atoms with E-state index in [0.29, 0.717) is 11.4 Å². The molecule has 76 valence electrons. The molecule has 0 saturated carbocycles. The highest BCUT2D eigenvalue weighted by atomic mass is 79.9. The highest BCUT2D eigenvalue weighted by molar-refractivity contribution is 9.11. The summed E-state index contributed by atoms with van der Waals surface area (Å²) in [5, 5.41) is 2.61. The number of nitrogens with two attached hydrogens (primary N) is 1. The van der Waals surface area contributed by atoms with Crippen LogP contribution in [0.4, 0.5) is 11.4 Å². The fourth-order valence-electron chi connectivity index (χ4n) is 0.851. The zero-order valence-electron chi connectivity index (χ0n) is 6.98. The summed E-state index contributed by atoms with van der Waals surface area (Å²) in [4.78, 5) is 11.0. The van der Waals surface area contributed by atoms with Gasteiger partial charge in [-0.25, -0.2) is 0 Å². The van der Waals surface area contributed by atoms with Crippen molar-refractivity contribution >= 4 is 60.7 Å². The van der Waals surface area contributed by atoms with Gasteiger partial charge in [0, 0.05) is 14.6 Å². The van der Waals surface area contributed by atoms with Crippen LogP contribution in [0.2, 0.25) is 0 Å². The van der Waals surface area contributed by atoms with Gasteiger partial charge in [0.05, 0.1) is 5.69 Å². The number of nitrogen functional groups attached to an aromatic ring is 1. The minimum atomic E-state index is -0.254. The fourth-order valence-corrected chi connectivity index (χ4v) is 2.10. The average Bonchev–Trinajstić information content (AvgIpc) is 2.14. The van der Waals surface area contributed by atoms with Gasteiger partial charge in [-0.15, -0.1) is 11.6 Å². The molecule has 0 aliphatic rings. The van der Waals surface area contributed by atoms with Gasteiger partial charge in [-0.1, -0.05) is 0 Å². The van der Waals surface area contributed by atoms with Gasteiger partial charge in [0.1, 0.15) is 5.88 Å². The Labute approximate surface area is 103 Å². The van der Waals surface area contributed by atoms with E-state index in [4.69, 9.17) is 17.3 Å². The van der Waals surface area contributed by atoms with E-state index in [-0.39, 0.29) is 11.8 Å². The third-order valence-corrected chi connectivity index (χ3v) is 3.04. The predicted molar refractivity (Wildman–Crippen MR) is 65.6 cm³/mol. The lowest BCUT2D eigenvalue weighted by atomic mass is 10.3. The lowest BCUT2D eigenvalue weighted by molar-refractivity contribution is -0.113. The number of carbonyl (C=O) groups excluding carboxylic acids is 1. The van der Waals surface area contributed by atoms with Crippen molar-refractivity contribution in [3.05, 3.63) is 21.1 Å². The zero-order valence-corrected chi connectivity index (χ0v) is 10.9. The summed E-state index contributed by atoms with van der Waals surface area (Å²) in [6, 6.07) is 3.43. The Morgan fingerprint density at radius 2 is 1.93 bits per heavy atom.